The number of rotatable bonds is 2. The van der Waals surface area contributed by atoms with Crippen LogP contribution in [-0.2, 0) is 5.41 Å². The van der Waals surface area contributed by atoms with Crippen LogP contribution in [-0.4, -0.2) is 0 Å². The van der Waals surface area contributed by atoms with Gasteiger partial charge in [0.05, 0.1) is 0 Å². The van der Waals surface area contributed by atoms with Gasteiger partial charge in [0, 0.05) is 5.41 Å². The van der Waals surface area contributed by atoms with E-state index in [9.17, 15) is 0 Å². The van der Waals surface area contributed by atoms with Crippen LogP contribution in [0.5, 0.6) is 0 Å². The predicted octanol–water partition coefficient (Wildman–Crippen LogP) is 10.5. The van der Waals surface area contributed by atoms with Gasteiger partial charge in [-0.25, -0.2) is 0 Å². The van der Waals surface area contributed by atoms with E-state index in [2.05, 4.69) is 136 Å². The Morgan fingerprint density at radius 1 is 0.447 bits per heavy atom. The molecule has 0 saturated carbocycles. The maximum absolute atomic E-state index is 2.45. The van der Waals surface area contributed by atoms with Crippen LogP contribution in [0.1, 0.15) is 30.5 Å². The highest BCUT2D eigenvalue weighted by atomic mass is 14.4. The molecule has 0 amide bonds. The summed E-state index contributed by atoms with van der Waals surface area (Å²) in [6.07, 6.45) is 0. The first-order valence-electron chi connectivity index (χ1n) is 13.5. The van der Waals surface area contributed by atoms with E-state index in [4.69, 9.17) is 0 Å². The first kappa shape index (κ1) is 21.6. The molecule has 38 heavy (non-hydrogen) atoms. The molecule has 7 aromatic carbocycles. The normalized spacial score (nSPS) is 13.9. The fourth-order valence-corrected chi connectivity index (χ4v) is 6.82. The summed E-state index contributed by atoms with van der Waals surface area (Å²) in [6, 6.07) is 43.4. The zero-order valence-corrected chi connectivity index (χ0v) is 22.0. The van der Waals surface area contributed by atoms with Crippen molar-refractivity contribution < 1.29 is 0 Å². The van der Waals surface area contributed by atoms with Gasteiger partial charge in [-0.15, -0.1) is 0 Å². The number of aryl methyl sites for hydroxylation is 1. The van der Waals surface area contributed by atoms with Gasteiger partial charge < -0.3 is 0 Å². The SMILES string of the molecule is Cc1ccc(-c2ccc3c(c2)C(C)(C)c2cc(-c4ccc5ccc6cccc7ccc4c5c67)ccc2-3)cc1. The summed E-state index contributed by atoms with van der Waals surface area (Å²) in [4.78, 5) is 0. The second kappa shape index (κ2) is 7.55. The fraction of sp³-hybridized carbons (Fsp3) is 0.105. The molecule has 1 aliphatic carbocycles. The highest BCUT2D eigenvalue weighted by molar-refractivity contribution is 6.25. The van der Waals surface area contributed by atoms with E-state index < -0.39 is 0 Å². The smallest absolute Gasteiger partial charge is 0.0159 e. The lowest BCUT2D eigenvalue weighted by atomic mass is 9.80. The van der Waals surface area contributed by atoms with Crippen LogP contribution in [0.4, 0.5) is 0 Å². The Balaban J connectivity index is 1.30. The Hall–Kier alpha value is -4.42. The Labute approximate surface area is 223 Å². The van der Waals surface area contributed by atoms with Crippen molar-refractivity contribution in [3.8, 4) is 33.4 Å². The molecule has 1 aliphatic rings. The van der Waals surface area contributed by atoms with Crippen LogP contribution in [0.15, 0.2) is 115 Å². The lowest BCUT2D eigenvalue weighted by molar-refractivity contribution is 0.661. The van der Waals surface area contributed by atoms with E-state index in [-0.39, 0.29) is 5.41 Å². The minimum Gasteiger partial charge on any atom is -0.0610 e. The van der Waals surface area contributed by atoms with E-state index in [1.54, 1.807) is 0 Å². The summed E-state index contributed by atoms with van der Waals surface area (Å²) < 4.78 is 0. The third-order valence-corrected chi connectivity index (χ3v) is 8.90. The number of fused-ring (bicyclic) bond motifs is 3. The lowest BCUT2D eigenvalue weighted by Gasteiger charge is -2.23. The first-order chi connectivity index (χ1) is 18.5. The van der Waals surface area contributed by atoms with Crippen molar-refractivity contribution in [2.24, 2.45) is 0 Å². The van der Waals surface area contributed by atoms with Crippen molar-refractivity contribution in [2.75, 3.05) is 0 Å². The van der Waals surface area contributed by atoms with Gasteiger partial charge in [0.2, 0.25) is 0 Å². The summed E-state index contributed by atoms with van der Waals surface area (Å²) in [5.74, 6) is 0. The molecule has 0 bridgehead atoms. The van der Waals surface area contributed by atoms with Crippen LogP contribution >= 0.6 is 0 Å². The quantitative estimate of drug-likeness (QED) is 0.214. The monoisotopic (exact) mass is 484 g/mol. The van der Waals surface area contributed by atoms with Gasteiger partial charge in [0.1, 0.15) is 0 Å². The van der Waals surface area contributed by atoms with Gasteiger partial charge in [0.15, 0.2) is 0 Å². The average Bonchev–Trinajstić information content (AvgIpc) is 3.17. The fourth-order valence-electron chi connectivity index (χ4n) is 6.82. The molecule has 0 heterocycles. The summed E-state index contributed by atoms with van der Waals surface area (Å²) >= 11 is 0. The molecule has 0 atom stereocenters. The molecule has 0 spiro atoms. The van der Waals surface area contributed by atoms with Crippen molar-refractivity contribution in [1.29, 1.82) is 0 Å². The lowest BCUT2D eigenvalue weighted by Crippen LogP contribution is -2.15. The molecule has 7 aromatic rings. The third-order valence-electron chi connectivity index (χ3n) is 8.90. The molecule has 180 valence electrons. The predicted molar refractivity (Wildman–Crippen MR) is 163 cm³/mol. The Morgan fingerprint density at radius 3 is 1.68 bits per heavy atom. The Bertz CT molecular complexity index is 2020. The zero-order valence-electron chi connectivity index (χ0n) is 22.0. The van der Waals surface area contributed by atoms with Crippen molar-refractivity contribution in [2.45, 2.75) is 26.2 Å². The van der Waals surface area contributed by atoms with Crippen LogP contribution in [0.3, 0.4) is 0 Å². The van der Waals surface area contributed by atoms with E-state index in [0.29, 0.717) is 0 Å². The van der Waals surface area contributed by atoms with Gasteiger partial charge in [-0.1, -0.05) is 123 Å². The van der Waals surface area contributed by atoms with Crippen LogP contribution in [0, 0.1) is 6.92 Å². The highest BCUT2D eigenvalue weighted by Crippen LogP contribution is 2.51. The summed E-state index contributed by atoms with van der Waals surface area (Å²) in [7, 11) is 0. The van der Waals surface area contributed by atoms with Crippen LogP contribution < -0.4 is 0 Å². The Morgan fingerprint density at radius 2 is 0.974 bits per heavy atom. The average molecular weight is 485 g/mol. The van der Waals surface area contributed by atoms with Crippen molar-refractivity contribution in [3.63, 3.8) is 0 Å². The molecule has 0 fully saturated rings. The highest BCUT2D eigenvalue weighted by Gasteiger charge is 2.36. The van der Waals surface area contributed by atoms with E-state index in [1.807, 2.05) is 0 Å². The maximum atomic E-state index is 2.45. The molecule has 0 aromatic heterocycles. The topological polar surface area (TPSA) is 0 Å². The van der Waals surface area contributed by atoms with Gasteiger partial charge in [0.25, 0.3) is 0 Å². The minimum absolute atomic E-state index is 0.0643. The first-order valence-corrected chi connectivity index (χ1v) is 13.5. The van der Waals surface area contributed by atoms with Gasteiger partial charge in [-0.2, -0.15) is 0 Å². The molecule has 0 saturated heterocycles. The number of hydrogen-bond acceptors (Lipinski definition) is 0. The maximum Gasteiger partial charge on any atom is 0.0159 e. The van der Waals surface area contributed by atoms with Gasteiger partial charge in [-0.05, 0) is 95.9 Å². The molecular formula is C38H28. The summed E-state index contributed by atoms with van der Waals surface area (Å²) in [5, 5.41) is 8.03. The second-order valence-corrected chi connectivity index (χ2v) is 11.5. The summed E-state index contributed by atoms with van der Waals surface area (Å²) in [6.45, 7) is 6.90. The van der Waals surface area contributed by atoms with Crippen molar-refractivity contribution >= 4 is 32.3 Å². The van der Waals surface area contributed by atoms with Crippen LogP contribution in [0.2, 0.25) is 0 Å². The molecule has 0 unspecified atom stereocenters. The van der Waals surface area contributed by atoms with E-state index >= 15 is 0 Å². The second-order valence-electron chi connectivity index (χ2n) is 11.5. The number of benzene rings is 7. The van der Waals surface area contributed by atoms with E-state index in [0.717, 1.165) is 0 Å². The largest absolute Gasteiger partial charge is 0.0610 e. The molecule has 0 radical (unpaired) electrons. The third kappa shape index (κ3) is 2.92. The molecule has 0 aliphatic heterocycles. The van der Waals surface area contributed by atoms with Gasteiger partial charge in [-0.3, -0.25) is 0 Å². The van der Waals surface area contributed by atoms with Crippen molar-refractivity contribution in [3.05, 3.63) is 132 Å². The van der Waals surface area contributed by atoms with Crippen molar-refractivity contribution in [1.82, 2.24) is 0 Å². The van der Waals surface area contributed by atoms with Crippen LogP contribution in [0.25, 0.3) is 65.7 Å². The molecule has 0 nitrogen and oxygen atoms in total. The number of hydrogen-bond donors (Lipinski definition) is 0. The summed E-state index contributed by atoms with van der Waals surface area (Å²) in [5.41, 5.74) is 12.0. The molecule has 8 rings (SSSR count). The molecular weight excluding hydrogens is 456 g/mol. The minimum atomic E-state index is -0.0643. The zero-order chi connectivity index (χ0) is 25.6. The van der Waals surface area contributed by atoms with E-state index in [1.165, 1.54) is 82.4 Å². The Kier molecular flexibility index (Phi) is 4.30. The molecule has 0 heteroatoms. The molecule has 0 N–H and O–H groups in total. The standard InChI is InChI=1S/C38H28/c1-23-7-9-24(10-8-23)28-15-18-31-32-19-16-29(22-35(32)38(2,3)34(31)21-28)30-17-13-27-12-11-25-5-4-6-26-14-20-33(30)37(27)36(25)26/h4-22H,1-3H3. The van der Waals surface area contributed by atoms with Gasteiger partial charge >= 0.3 is 0 Å².